The predicted molar refractivity (Wildman–Crippen MR) is 247 cm³/mol. The number of cyclic esters (lactones) is 2. The van der Waals surface area contributed by atoms with E-state index >= 15 is 0 Å². The first kappa shape index (κ1) is 53.6. The van der Waals surface area contributed by atoms with Crippen molar-refractivity contribution in [1.29, 1.82) is 0 Å². The molecule has 1 saturated heterocycles. The molecule has 15 nitrogen and oxygen atoms in total. The monoisotopic (exact) mass is 920 g/mol. The molecule has 5 rings (SSSR count). The van der Waals surface area contributed by atoms with Crippen LogP contribution in [0.4, 0.5) is 0 Å². The zero-order valence-electron chi connectivity index (χ0n) is 39.1. The molecule has 8 atom stereocenters. The first-order valence-corrected chi connectivity index (χ1v) is 22.7. The number of aryl methyl sites for hydroxylation is 2. The molecule has 2 aromatic rings. The van der Waals surface area contributed by atoms with E-state index < -0.39 is 60.1 Å². The predicted octanol–water partition coefficient (Wildman–Crippen LogP) is 6.38. The van der Waals surface area contributed by atoms with E-state index in [0.29, 0.717) is 61.0 Å². The van der Waals surface area contributed by atoms with Crippen LogP contribution < -0.4 is 4.74 Å². The van der Waals surface area contributed by atoms with Gasteiger partial charge in [-0.2, -0.15) is 0 Å². The number of ether oxygens (including phenoxy) is 6. The van der Waals surface area contributed by atoms with E-state index in [9.17, 15) is 39.6 Å². The normalized spacial score (nSPS) is 27.3. The van der Waals surface area contributed by atoms with Gasteiger partial charge in [0.05, 0.1) is 12.2 Å². The third-order valence-electron chi connectivity index (χ3n) is 11.7. The summed E-state index contributed by atoms with van der Waals surface area (Å²) < 4.78 is 34.2. The molecule has 0 aromatic heterocycles. The fourth-order valence-electron chi connectivity index (χ4n) is 7.52. The molecule has 362 valence electrons. The Hall–Kier alpha value is -5.00. The van der Waals surface area contributed by atoms with Gasteiger partial charge in [0.2, 0.25) is 0 Å². The number of ketones is 2. The van der Waals surface area contributed by atoms with Gasteiger partial charge in [0.15, 0.2) is 24.1 Å². The van der Waals surface area contributed by atoms with E-state index in [0.717, 1.165) is 17.5 Å². The number of benzene rings is 2. The summed E-state index contributed by atoms with van der Waals surface area (Å²) in [5, 5.41) is 48.9. The van der Waals surface area contributed by atoms with Gasteiger partial charge >= 0.3 is 11.9 Å². The number of aromatic hydroxyl groups is 1. The highest BCUT2D eigenvalue weighted by Gasteiger charge is 2.44. The fraction of sp³-hybridized carbons (Fsp3) is 0.529. The highest BCUT2D eigenvalue weighted by atomic mass is 16.8. The minimum atomic E-state index is -1.56. The lowest BCUT2D eigenvalue weighted by atomic mass is 9.94. The number of methoxy groups -OCH3 is 1. The summed E-state index contributed by atoms with van der Waals surface area (Å²) in [5.74, 6) is -3.29. The first-order valence-electron chi connectivity index (χ1n) is 22.7. The Morgan fingerprint density at radius 2 is 1.21 bits per heavy atom. The molecule has 0 radical (unpaired) electrons. The van der Waals surface area contributed by atoms with Gasteiger partial charge in [-0.3, -0.25) is 9.59 Å². The van der Waals surface area contributed by atoms with Gasteiger partial charge in [-0.1, -0.05) is 62.4 Å². The second-order valence-corrected chi connectivity index (χ2v) is 17.3. The van der Waals surface area contributed by atoms with Crippen LogP contribution in [-0.2, 0) is 46.1 Å². The molecular weight excluding hydrogens is 853 g/mol. The lowest BCUT2D eigenvalue weighted by molar-refractivity contribution is -0.152. The van der Waals surface area contributed by atoms with Crippen LogP contribution >= 0.6 is 0 Å². The molecule has 3 aliphatic heterocycles. The van der Waals surface area contributed by atoms with Crippen molar-refractivity contribution < 1.29 is 73.1 Å². The fourth-order valence-corrected chi connectivity index (χ4v) is 7.52. The van der Waals surface area contributed by atoms with Crippen molar-refractivity contribution in [3.8, 4) is 11.5 Å². The second kappa shape index (κ2) is 25.8. The summed E-state index contributed by atoms with van der Waals surface area (Å²) in [6, 6.07) is 6.82. The average molecular weight is 921 g/mol. The molecule has 1 fully saturated rings. The molecule has 0 spiro atoms. The summed E-state index contributed by atoms with van der Waals surface area (Å²) >= 11 is 0. The van der Waals surface area contributed by atoms with Crippen LogP contribution in [0.3, 0.4) is 0 Å². The minimum Gasteiger partial charge on any atom is -0.507 e. The Kier molecular flexibility index (Phi) is 20.9. The molecule has 66 heavy (non-hydrogen) atoms. The van der Waals surface area contributed by atoms with Crippen molar-refractivity contribution in [2.24, 2.45) is 11.8 Å². The van der Waals surface area contributed by atoms with Crippen molar-refractivity contribution in [2.45, 2.75) is 135 Å². The smallest absolute Gasteiger partial charge is 0.342 e. The number of aliphatic hydroxyl groups is 4. The van der Waals surface area contributed by atoms with Gasteiger partial charge in [0, 0.05) is 32.2 Å². The molecule has 2 aromatic carbocycles. The summed E-state index contributed by atoms with van der Waals surface area (Å²) in [5.41, 5.74) is 3.20. The molecule has 0 amide bonds. The van der Waals surface area contributed by atoms with Crippen LogP contribution in [0.25, 0.3) is 12.2 Å². The topological polar surface area (TPSA) is 225 Å². The maximum atomic E-state index is 13.5. The molecule has 0 bridgehead atoms. The summed E-state index contributed by atoms with van der Waals surface area (Å²) in [6.45, 7) is 10.8. The van der Waals surface area contributed by atoms with Crippen LogP contribution in [-0.4, -0.2) is 119 Å². The standard InChI is InChI=1S/C28H38O8.C23H30O7/c1-18-12-14-22(30)26-24(35-28(3,4)36-26)11-8-10-21-20(9-6-7-16-29)13-15-23(33-17-32-5)25(21)27(31)34-19(18)2;1-14-9-11-20(27)22(28)19(26)8-5-7-17-16(6-3-4-13-24)10-12-18(25)21(17)23(29)30-15(14)2/h8,10,12-15,18-19,24,26,29H,6-7,9,11,16-17H2,1-5H3;5,7,9-12,14-15,19,22,24-26,28H,3-4,6,8,13H2,1-2H3/b10-8?,14-12-;7-5+,11-9-/t18-,19+,24+,26-;14-,15+,19+,22+/m11/s1. The number of esters is 2. The quantitative estimate of drug-likeness (QED) is 0.0937. The maximum Gasteiger partial charge on any atom is 0.342 e. The maximum absolute atomic E-state index is 13.5. The zero-order valence-corrected chi connectivity index (χ0v) is 39.1. The molecule has 5 N–H and O–H groups in total. The van der Waals surface area contributed by atoms with E-state index in [-0.39, 0.29) is 55.4 Å². The number of fused-ring (bicyclic) bond motifs is 3. The van der Waals surface area contributed by atoms with E-state index in [4.69, 9.17) is 33.5 Å². The van der Waals surface area contributed by atoms with Crippen LogP contribution in [0.15, 0.2) is 60.7 Å². The second-order valence-electron chi connectivity index (χ2n) is 17.3. The van der Waals surface area contributed by atoms with Crippen molar-refractivity contribution >= 4 is 35.7 Å². The Bertz CT molecular complexity index is 2080. The highest BCUT2D eigenvalue weighted by Crippen LogP contribution is 2.34. The molecular formula is C51H68O15. The molecule has 3 aliphatic rings. The van der Waals surface area contributed by atoms with Crippen LogP contribution in [0.1, 0.15) is 123 Å². The number of hydrogen-bond acceptors (Lipinski definition) is 15. The van der Waals surface area contributed by atoms with Gasteiger partial charge in [-0.05, 0) is 126 Å². The number of phenolic OH excluding ortho intramolecular Hbond substituents is 1. The van der Waals surface area contributed by atoms with Crippen LogP contribution in [0.5, 0.6) is 11.5 Å². The number of carbonyl (C=O) groups is 4. The molecule has 3 heterocycles. The van der Waals surface area contributed by atoms with Gasteiger partial charge < -0.3 is 54.0 Å². The van der Waals surface area contributed by atoms with Crippen molar-refractivity contribution in [3.05, 3.63) is 94.1 Å². The van der Waals surface area contributed by atoms with E-state index in [2.05, 4.69) is 0 Å². The third kappa shape index (κ3) is 15.0. The molecule has 0 saturated carbocycles. The zero-order chi connectivity index (χ0) is 48.6. The van der Waals surface area contributed by atoms with Gasteiger partial charge in [0.25, 0.3) is 0 Å². The van der Waals surface area contributed by atoms with E-state index in [1.165, 1.54) is 31.4 Å². The Labute approximate surface area is 387 Å². The lowest BCUT2D eigenvalue weighted by Gasteiger charge is -2.22. The number of rotatable bonds is 11. The minimum absolute atomic E-state index is 0.0197. The Morgan fingerprint density at radius 1 is 0.682 bits per heavy atom. The first-order chi connectivity index (χ1) is 31.4. The number of phenols is 1. The third-order valence-corrected chi connectivity index (χ3v) is 11.7. The summed E-state index contributed by atoms with van der Waals surface area (Å²) in [6.07, 6.45) is 12.0. The average Bonchev–Trinajstić information content (AvgIpc) is 3.60. The Balaban J connectivity index is 0.000000294. The highest BCUT2D eigenvalue weighted by molar-refractivity contribution is 5.98. The number of hydrogen-bond donors (Lipinski definition) is 5. The van der Waals surface area contributed by atoms with Gasteiger partial charge in [0.1, 0.15) is 47.0 Å². The largest absolute Gasteiger partial charge is 0.507 e. The van der Waals surface area contributed by atoms with Crippen molar-refractivity contribution in [1.82, 2.24) is 0 Å². The van der Waals surface area contributed by atoms with Gasteiger partial charge in [-0.25, -0.2) is 9.59 Å². The molecule has 0 aliphatic carbocycles. The van der Waals surface area contributed by atoms with E-state index in [1.807, 2.05) is 25.1 Å². The molecule has 0 unspecified atom stereocenters. The SMILES string of the molecule is COCOc1ccc(CCCCO)c2c1C(=O)O[C@@H](C)[C@H](C)/C=C\C(=O)[C@H]1OC(C)(C)O[C@H]1CC=C2.C[C@@H]1/C=C\C(=O)[C@@H](O)[C@@H](O)C/C=C/c2c(CCCCO)ccc(O)c2C(=O)O[C@H]1C. The number of unbranched alkanes of at least 4 members (excludes halogenated alkanes) is 2. The van der Waals surface area contributed by atoms with Crippen LogP contribution in [0.2, 0.25) is 0 Å². The van der Waals surface area contributed by atoms with Crippen LogP contribution in [0, 0.1) is 11.8 Å². The summed E-state index contributed by atoms with van der Waals surface area (Å²) in [4.78, 5) is 51.4. The van der Waals surface area contributed by atoms with Gasteiger partial charge in [-0.15, -0.1) is 0 Å². The van der Waals surface area contributed by atoms with Crippen molar-refractivity contribution in [2.75, 3.05) is 27.1 Å². The van der Waals surface area contributed by atoms with Crippen molar-refractivity contribution in [3.63, 3.8) is 0 Å². The van der Waals surface area contributed by atoms with E-state index in [1.54, 1.807) is 65.0 Å². The molecule has 15 heteroatoms. The lowest BCUT2D eigenvalue weighted by Crippen LogP contribution is -2.32. The summed E-state index contributed by atoms with van der Waals surface area (Å²) in [7, 11) is 1.51. The number of carbonyl (C=O) groups excluding carboxylic acids is 4. The Morgan fingerprint density at radius 3 is 1.79 bits per heavy atom. The number of aliphatic hydroxyl groups excluding tert-OH is 4.